The zero-order valence-electron chi connectivity index (χ0n) is 8.09. The van der Waals surface area contributed by atoms with Crippen molar-refractivity contribution < 1.29 is 0 Å². The molecule has 2 rings (SSSR count). The second-order valence-electron chi connectivity index (χ2n) is 3.92. The quantitative estimate of drug-likeness (QED) is 0.760. The fourth-order valence-corrected chi connectivity index (χ4v) is 1.73. The molecule has 0 aliphatic heterocycles. The number of aryl methyl sites for hydroxylation is 1. The zero-order chi connectivity index (χ0) is 9.31. The van der Waals surface area contributed by atoms with Crippen LogP contribution >= 0.6 is 0 Å². The van der Waals surface area contributed by atoms with E-state index >= 15 is 0 Å². The number of nitrogens with zero attached hydrogens (tertiary/aromatic N) is 1. The fraction of sp³-hybridized carbons (Fsp3) is 0.545. The van der Waals surface area contributed by atoms with Crippen molar-refractivity contribution in [1.82, 2.24) is 4.98 Å². The van der Waals surface area contributed by atoms with Gasteiger partial charge in [-0.05, 0) is 30.4 Å². The highest BCUT2D eigenvalue weighted by Gasteiger charge is 2.43. The molecule has 1 saturated carbocycles. The van der Waals surface area contributed by atoms with Gasteiger partial charge in [-0.1, -0.05) is 13.0 Å². The first-order valence-electron chi connectivity index (χ1n) is 4.95. The molecule has 70 valence electrons. The van der Waals surface area contributed by atoms with Crippen LogP contribution in [0.4, 0.5) is 0 Å². The molecule has 0 atom stereocenters. The lowest BCUT2D eigenvalue weighted by atomic mass is 9.96. The van der Waals surface area contributed by atoms with Gasteiger partial charge in [-0.15, -0.1) is 0 Å². The smallest absolute Gasteiger partial charge is 0.0306 e. The van der Waals surface area contributed by atoms with Gasteiger partial charge in [0.05, 0.1) is 0 Å². The van der Waals surface area contributed by atoms with E-state index in [4.69, 9.17) is 5.73 Å². The first-order valence-corrected chi connectivity index (χ1v) is 4.95. The fourth-order valence-electron chi connectivity index (χ4n) is 1.73. The Morgan fingerprint density at radius 3 is 2.77 bits per heavy atom. The number of aromatic nitrogens is 1. The predicted molar refractivity (Wildman–Crippen MR) is 53.6 cm³/mol. The minimum atomic E-state index is 0.290. The Morgan fingerprint density at radius 2 is 2.23 bits per heavy atom. The first-order chi connectivity index (χ1) is 6.30. The molecule has 1 aromatic heterocycles. The summed E-state index contributed by atoms with van der Waals surface area (Å²) in [6.45, 7) is 2.92. The summed E-state index contributed by atoms with van der Waals surface area (Å²) < 4.78 is 0. The van der Waals surface area contributed by atoms with Crippen LogP contribution in [0.25, 0.3) is 0 Å². The van der Waals surface area contributed by atoms with Gasteiger partial charge in [-0.25, -0.2) is 0 Å². The Bertz CT molecular complexity index is 303. The van der Waals surface area contributed by atoms with Crippen molar-refractivity contribution in [3.8, 4) is 0 Å². The van der Waals surface area contributed by atoms with Gasteiger partial charge in [0.2, 0.25) is 0 Å². The van der Waals surface area contributed by atoms with Crippen molar-refractivity contribution in [1.29, 1.82) is 0 Å². The number of rotatable bonds is 3. The molecular formula is C11H16N2. The van der Waals surface area contributed by atoms with E-state index in [9.17, 15) is 0 Å². The van der Waals surface area contributed by atoms with Crippen LogP contribution in [0.15, 0.2) is 18.5 Å². The van der Waals surface area contributed by atoms with Crippen LogP contribution in [-0.4, -0.2) is 11.5 Å². The minimum Gasteiger partial charge on any atom is -0.330 e. The van der Waals surface area contributed by atoms with Gasteiger partial charge in [-0.3, -0.25) is 4.98 Å². The second-order valence-corrected chi connectivity index (χ2v) is 3.92. The second kappa shape index (κ2) is 3.11. The summed E-state index contributed by atoms with van der Waals surface area (Å²) in [7, 11) is 0. The van der Waals surface area contributed by atoms with E-state index in [1.165, 1.54) is 24.0 Å². The van der Waals surface area contributed by atoms with Crippen LogP contribution in [0.1, 0.15) is 30.9 Å². The Balaban J connectivity index is 2.30. The Kier molecular flexibility index (Phi) is 2.08. The molecule has 0 amide bonds. The molecule has 0 bridgehead atoms. The summed E-state index contributed by atoms with van der Waals surface area (Å²) in [4.78, 5) is 4.25. The topological polar surface area (TPSA) is 38.9 Å². The average Bonchev–Trinajstić information content (AvgIpc) is 2.99. The third-order valence-electron chi connectivity index (χ3n) is 3.06. The van der Waals surface area contributed by atoms with E-state index in [2.05, 4.69) is 18.0 Å². The summed E-state index contributed by atoms with van der Waals surface area (Å²) in [5, 5.41) is 0. The van der Waals surface area contributed by atoms with Crippen molar-refractivity contribution in [2.24, 2.45) is 5.73 Å². The molecule has 1 aliphatic rings. The van der Waals surface area contributed by atoms with Crippen molar-refractivity contribution in [3.05, 3.63) is 29.6 Å². The maximum Gasteiger partial charge on any atom is 0.0306 e. The monoisotopic (exact) mass is 176 g/mol. The molecule has 1 fully saturated rings. The van der Waals surface area contributed by atoms with E-state index in [-0.39, 0.29) is 5.41 Å². The highest BCUT2D eigenvalue weighted by atomic mass is 14.7. The molecule has 2 N–H and O–H groups in total. The van der Waals surface area contributed by atoms with Crippen LogP contribution in [0.2, 0.25) is 0 Å². The molecule has 1 aliphatic carbocycles. The number of pyridine rings is 1. The minimum absolute atomic E-state index is 0.290. The summed E-state index contributed by atoms with van der Waals surface area (Å²) >= 11 is 0. The van der Waals surface area contributed by atoms with E-state index in [1.54, 1.807) is 0 Å². The highest BCUT2D eigenvalue weighted by molar-refractivity contribution is 5.32. The first kappa shape index (κ1) is 8.70. The van der Waals surface area contributed by atoms with E-state index in [0.717, 1.165) is 13.0 Å². The van der Waals surface area contributed by atoms with Crippen molar-refractivity contribution in [2.75, 3.05) is 6.54 Å². The maximum absolute atomic E-state index is 5.76. The van der Waals surface area contributed by atoms with Crippen LogP contribution in [0.3, 0.4) is 0 Å². The third-order valence-corrected chi connectivity index (χ3v) is 3.06. The molecule has 13 heavy (non-hydrogen) atoms. The molecule has 0 aromatic carbocycles. The molecule has 1 heterocycles. The average molecular weight is 176 g/mol. The van der Waals surface area contributed by atoms with E-state index in [0.29, 0.717) is 0 Å². The number of nitrogens with two attached hydrogens (primary N) is 1. The van der Waals surface area contributed by atoms with Crippen LogP contribution in [0.5, 0.6) is 0 Å². The number of hydrogen-bond donors (Lipinski definition) is 1. The molecule has 1 aromatic rings. The largest absolute Gasteiger partial charge is 0.330 e. The van der Waals surface area contributed by atoms with Crippen LogP contribution in [0, 0.1) is 0 Å². The summed E-state index contributed by atoms with van der Waals surface area (Å²) in [5.74, 6) is 0. The standard InChI is InChI=1S/C11H16N2/c1-2-9-5-10(7-13-6-9)11(8-12)3-4-11/h5-7H,2-4,8,12H2,1H3. The van der Waals surface area contributed by atoms with Crippen LogP contribution in [-0.2, 0) is 11.8 Å². The lowest BCUT2D eigenvalue weighted by Gasteiger charge is -2.12. The summed E-state index contributed by atoms with van der Waals surface area (Å²) in [6.07, 6.45) is 7.44. The number of hydrogen-bond acceptors (Lipinski definition) is 2. The lowest BCUT2D eigenvalue weighted by Crippen LogP contribution is -2.20. The van der Waals surface area contributed by atoms with E-state index < -0.39 is 0 Å². The van der Waals surface area contributed by atoms with E-state index in [1.807, 2.05) is 12.4 Å². The molecule has 0 spiro atoms. The molecule has 0 radical (unpaired) electrons. The molecule has 0 saturated heterocycles. The zero-order valence-corrected chi connectivity index (χ0v) is 8.09. The van der Waals surface area contributed by atoms with Gasteiger partial charge in [0, 0.05) is 24.4 Å². The molecule has 0 unspecified atom stereocenters. The molecule has 2 nitrogen and oxygen atoms in total. The van der Waals surface area contributed by atoms with Gasteiger partial charge in [0.15, 0.2) is 0 Å². The SMILES string of the molecule is CCc1cncc(C2(CN)CC2)c1. The van der Waals surface area contributed by atoms with Gasteiger partial charge in [0.1, 0.15) is 0 Å². The normalized spacial score (nSPS) is 18.6. The predicted octanol–water partition coefficient (Wildman–Crippen LogP) is 1.63. The highest BCUT2D eigenvalue weighted by Crippen LogP contribution is 2.46. The Morgan fingerprint density at radius 1 is 1.46 bits per heavy atom. The Hall–Kier alpha value is -0.890. The summed E-state index contributed by atoms with van der Waals surface area (Å²) in [6, 6.07) is 2.26. The van der Waals surface area contributed by atoms with Crippen LogP contribution < -0.4 is 5.73 Å². The van der Waals surface area contributed by atoms with Gasteiger partial charge in [0.25, 0.3) is 0 Å². The third kappa shape index (κ3) is 1.46. The maximum atomic E-state index is 5.76. The molecular weight excluding hydrogens is 160 g/mol. The van der Waals surface area contributed by atoms with Gasteiger partial charge in [-0.2, -0.15) is 0 Å². The van der Waals surface area contributed by atoms with Crippen molar-refractivity contribution in [2.45, 2.75) is 31.6 Å². The lowest BCUT2D eigenvalue weighted by molar-refractivity contribution is 0.699. The van der Waals surface area contributed by atoms with Crippen molar-refractivity contribution >= 4 is 0 Å². The van der Waals surface area contributed by atoms with Gasteiger partial charge < -0.3 is 5.73 Å². The van der Waals surface area contributed by atoms with Gasteiger partial charge >= 0.3 is 0 Å². The summed E-state index contributed by atoms with van der Waals surface area (Å²) in [5.41, 5.74) is 8.71. The molecule has 2 heteroatoms. The Labute approximate surface area is 79.2 Å². The van der Waals surface area contributed by atoms with Crippen molar-refractivity contribution in [3.63, 3.8) is 0 Å².